The average Bonchev–Trinajstić information content (AvgIpc) is 2.03. The van der Waals surface area contributed by atoms with E-state index in [4.69, 9.17) is 4.74 Å². The van der Waals surface area contributed by atoms with Gasteiger partial charge in [-0.1, -0.05) is 0 Å². The van der Waals surface area contributed by atoms with Gasteiger partial charge in [-0.15, -0.1) is 0 Å². The number of nitrogens with zero attached hydrogens (tertiary/aromatic N) is 1. The summed E-state index contributed by atoms with van der Waals surface area (Å²) in [5, 5.41) is 3.37. The summed E-state index contributed by atoms with van der Waals surface area (Å²) in [7, 11) is 2.16. The van der Waals surface area contributed by atoms with Crippen LogP contribution in [-0.4, -0.2) is 50.3 Å². The Bertz CT molecular complexity index is 128. The molecule has 1 saturated heterocycles. The van der Waals surface area contributed by atoms with Crippen molar-refractivity contribution in [3.05, 3.63) is 0 Å². The van der Waals surface area contributed by atoms with Gasteiger partial charge >= 0.3 is 0 Å². The second-order valence-corrected chi connectivity index (χ2v) is 3.72. The van der Waals surface area contributed by atoms with Crippen LogP contribution >= 0.6 is 0 Å². The Hall–Kier alpha value is -0.120. The fraction of sp³-hybridized carbons (Fsp3) is 1.00. The molecular weight excluding hydrogens is 152 g/mol. The van der Waals surface area contributed by atoms with Gasteiger partial charge in [0.1, 0.15) is 0 Å². The Balaban J connectivity index is 2.20. The summed E-state index contributed by atoms with van der Waals surface area (Å²) in [4.78, 5) is 2.36. The molecule has 1 aliphatic rings. The molecule has 3 heteroatoms. The lowest BCUT2D eigenvalue weighted by atomic mass is 10.2. The molecule has 1 N–H and O–H groups in total. The Labute approximate surface area is 75.1 Å². The van der Waals surface area contributed by atoms with E-state index in [2.05, 4.69) is 31.1 Å². The lowest BCUT2D eigenvalue weighted by Gasteiger charge is -2.33. The maximum absolute atomic E-state index is 5.57. The molecule has 12 heavy (non-hydrogen) atoms. The van der Waals surface area contributed by atoms with Crippen molar-refractivity contribution in [1.29, 1.82) is 0 Å². The predicted molar refractivity (Wildman–Crippen MR) is 50.4 cm³/mol. The van der Waals surface area contributed by atoms with Gasteiger partial charge in [-0.3, -0.25) is 4.90 Å². The minimum absolute atomic E-state index is 0.348. The van der Waals surface area contributed by atoms with Crippen LogP contribution in [0.4, 0.5) is 0 Å². The normalized spacial score (nSPS) is 26.5. The second-order valence-electron chi connectivity index (χ2n) is 3.72. The highest BCUT2D eigenvalue weighted by atomic mass is 16.5. The summed E-state index contributed by atoms with van der Waals surface area (Å²) in [6.07, 6.45) is 0.348. The number of piperazine rings is 1. The van der Waals surface area contributed by atoms with Crippen LogP contribution < -0.4 is 5.32 Å². The maximum Gasteiger partial charge on any atom is 0.0637 e. The van der Waals surface area contributed by atoms with Crippen molar-refractivity contribution in [3.8, 4) is 0 Å². The zero-order valence-electron chi connectivity index (χ0n) is 8.34. The molecule has 1 atom stereocenters. The minimum atomic E-state index is 0.348. The molecule has 72 valence electrons. The highest BCUT2D eigenvalue weighted by Gasteiger charge is 2.18. The van der Waals surface area contributed by atoms with Gasteiger partial charge in [-0.2, -0.15) is 0 Å². The van der Waals surface area contributed by atoms with Gasteiger partial charge in [-0.05, 0) is 20.9 Å². The zero-order chi connectivity index (χ0) is 8.97. The molecule has 3 nitrogen and oxygen atoms in total. The largest absolute Gasteiger partial charge is 0.377 e. The van der Waals surface area contributed by atoms with Crippen LogP contribution in [0.5, 0.6) is 0 Å². The molecular formula is C9H20N2O. The summed E-state index contributed by atoms with van der Waals surface area (Å²) in [5.74, 6) is 0. The van der Waals surface area contributed by atoms with Crippen LogP contribution in [0.3, 0.4) is 0 Å². The molecule has 0 bridgehead atoms. The molecule has 0 radical (unpaired) electrons. The van der Waals surface area contributed by atoms with E-state index in [1.54, 1.807) is 0 Å². The summed E-state index contributed by atoms with van der Waals surface area (Å²) in [6.45, 7) is 8.30. The van der Waals surface area contributed by atoms with Crippen LogP contribution in [0.15, 0.2) is 0 Å². The van der Waals surface area contributed by atoms with Crippen molar-refractivity contribution in [3.63, 3.8) is 0 Å². The summed E-state index contributed by atoms with van der Waals surface area (Å²) in [6, 6.07) is 0.557. The topological polar surface area (TPSA) is 24.5 Å². The summed E-state index contributed by atoms with van der Waals surface area (Å²) >= 11 is 0. The molecule has 1 rings (SSSR count). The van der Waals surface area contributed by atoms with Gasteiger partial charge in [0.25, 0.3) is 0 Å². The number of rotatable bonds is 3. The quantitative estimate of drug-likeness (QED) is 0.663. The van der Waals surface area contributed by atoms with E-state index in [0.717, 1.165) is 26.2 Å². The lowest BCUT2D eigenvalue weighted by Crippen LogP contribution is -2.51. The van der Waals surface area contributed by atoms with Crippen molar-refractivity contribution >= 4 is 0 Å². The van der Waals surface area contributed by atoms with Crippen molar-refractivity contribution in [2.75, 3.05) is 33.3 Å². The van der Waals surface area contributed by atoms with Crippen molar-refractivity contribution < 1.29 is 4.74 Å². The van der Waals surface area contributed by atoms with Gasteiger partial charge in [0.15, 0.2) is 0 Å². The minimum Gasteiger partial charge on any atom is -0.377 e. The zero-order valence-corrected chi connectivity index (χ0v) is 8.34. The average molecular weight is 172 g/mol. The third kappa shape index (κ3) is 3.09. The third-order valence-electron chi connectivity index (χ3n) is 2.27. The van der Waals surface area contributed by atoms with E-state index >= 15 is 0 Å². The smallest absolute Gasteiger partial charge is 0.0637 e. The lowest BCUT2D eigenvalue weighted by molar-refractivity contribution is 0.0251. The third-order valence-corrected chi connectivity index (χ3v) is 2.27. The highest BCUT2D eigenvalue weighted by molar-refractivity contribution is 4.76. The Morgan fingerprint density at radius 1 is 1.58 bits per heavy atom. The first-order valence-corrected chi connectivity index (χ1v) is 4.72. The second kappa shape index (κ2) is 4.80. The molecule has 0 aromatic rings. The molecule has 0 spiro atoms. The van der Waals surface area contributed by atoms with E-state index in [1.165, 1.54) is 0 Å². The van der Waals surface area contributed by atoms with E-state index in [0.29, 0.717) is 12.1 Å². The monoisotopic (exact) mass is 172 g/mol. The number of likely N-dealkylation sites (N-methyl/N-ethyl adjacent to an activating group) is 1. The van der Waals surface area contributed by atoms with Gasteiger partial charge in [0, 0.05) is 25.7 Å². The molecule has 0 amide bonds. The van der Waals surface area contributed by atoms with Crippen LogP contribution in [0.1, 0.15) is 13.8 Å². The SMILES string of the molecule is CC(C)OCC1CNCCN1C. The van der Waals surface area contributed by atoms with Crippen LogP contribution in [0.2, 0.25) is 0 Å². The molecule has 0 saturated carbocycles. The fourth-order valence-corrected chi connectivity index (χ4v) is 1.35. The van der Waals surface area contributed by atoms with Crippen LogP contribution in [0, 0.1) is 0 Å². The summed E-state index contributed by atoms with van der Waals surface area (Å²) in [5.41, 5.74) is 0. The summed E-state index contributed by atoms with van der Waals surface area (Å²) < 4.78 is 5.57. The van der Waals surface area contributed by atoms with Gasteiger partial charge in [-0.25, -0.2) is 0 Å². The molecule has 1 aliphatic heterocycles. The van der Waals surface area contributed by atoms with Crippen LogP contribution in [0.25, 0.3) is 0 Å². The maximum atomic E-state index is 5.57. The van der Waals surface area contributed by atoms with Gasteiger partial charge in [0.2, 0.25) is 0 Å². The van der Waals surface area contributed by atoms with Gasteiger partial charge < -0.3 is 10.1 Å². The van der Waals surface area contributed by atoms with Crippen LogP contribution in [-0.2, 0) is 4.74 Å². The van der Waals surface area contributed by atoms with E-state index in [1.807, 2.05) is 0 Å². The number of nitrogens with one attached hydrogen (secondary N) is 1. The van der Waals surface area contributed by atoms with E-state index in [9.17, 15) is 0 Å². The van der Waals surface area contributed by atoms with Crippen molar-refractivity contribution in [1.82, 2.24) is 10.2 Å². The molecule has 1 fully saturated rings. The van der Waals surface area contributed by atoms with E-state index in [-0.39, 0.29) is 0 Å². The Morgan fingerprint density at radius 3 is 2.92 bits per heavy atom. The number of hydrogen-bond donors (Lipinski definition) is 1. The Morgan fingerprint density at radius 2 is 2.33 bits per heavy atom. The first kappa shape index (κ1) is 9.96. The number of hydrogen-bond acceptors (Lipinski definition) is 3. The highest BCUT2D eigenvalue weighted by Crippen LogP contribution is 2.01. The molecule has 0 aromatic carbocycles. The standard InChI is InChI=1S/C9H20N2O/c1-8(2)12-7-9-6-10-4-5-11(9)3/h8-10H,4-7H2,1-3H3. The van der Waals surface area contributed by atoms with Crippen molar-refractivity contribution in [2.24, 2.45) is 0 Å². The van der Waals surface area contributed by atoms with E-state index < -0.39 is 0 Å². The molecule has 1 heterocycles. The molecule has 0 aliphatic carbocycles. The first-order valence-electron chi connectivity index (χ1n) is 4.72. The number of ether oxygens (including phenoxy) is 1. The van der Waals surface area contributed by atoms with Gasteiger partial charge in [0.05, 0.1) is 12.7 Å². The fourth-order valence-electron chi connectivity index (χ4n) is 1.35. The molecule has 0 aromatic heterocycles. The Kier molecular flexibility index (Phi) is 3.98. The molecule has 1 unspecified atom stereocenters. The first-order chi connectivity index (χ1) is 5.70. The predicted octanol–water partition coefficient (Wildman–Crippen LogP) is 0.315. The van der Waals surface area contributed by atoms with Crippen molar-refractivity contribution in [2.45, 2.75) is 26.0 Å².